The van der Waals surface area contributed by atoms with E-state index in [1.54, 1.807) is 14.0 Å². The van der Waals surface area contributed by atoms with E-state index >= 15 is 0 Å². The number of piperidine rings is 1. The summed E-state index contributed by atoms with van der Waals surface area (Å²) in [6, 6.07) is 3.19. The van der Waals surface area contributed by atoms with Crippen LogP contribution in [0, 0.1) is 17.0 Å². The lowest BCUT2D eigenvalue weighted by atomic mass is 9.79. The minimum absolute atomic E-state index is 0. The molecule has 0 aliphatic carbocycles. The maximum atomic E-state index is 13.2. The predicted molar refractivity (Wildman–Crippen MR) is 93.1 cm³/mol. The fourth-order valence-corrected chi connectivity index (χ4v) is 2.86. The van der Waals surface area contributed by atoms with E-state index in [0.717, 1.165) is 38.1 Å². The maximum Gasteiger partial charge on any atom is 0.260 e. The molecule has 1 aliphatic heterocycles. The first-order chi connectivity index (χ1) is 11.5. The van der Waals surface area contributed by atoms with E-state index in [0.29, 0.717) is 13.2 Å². The SMILES string of the molecule is COCC1(CNC(=O)C(C)Oc2ccc(F)c(F)c2)CCNCC1.Cl. The van der Waals surface area contributed by atoms with Crippen LogP contribution in [-0.4, -0.2) is 45.4 Å². The average Bonchev–Trinajstić information content (AvgIpc) is 2.57. The van der Waals surface area contributed by atoms with Gasteiger partial charge in [0.2, 0.25) is 0 Å². The van der Waals surface area contributed by atoms with Crippen molar-refractivity contribution in [3.8, 4) is 5.75 Å². The Kier molecular flexibility index (Phi) is 8.55. The van der Waals surface area contributed by atoms with Crippen molar-refractivity contribution in [3.63, 3.8) is 0 Å². The van der Waals surface area contributed by atoms with Crippen LogP contribution < -0.4 is 15.4 Å². The molecule has 25 heavy (non-hydrogen) atoms. The highest BCUT2D eigenvalue weighted by Gasteiger charge is 2.33. The maximum absolute atomic E-state index is 13.2. The van der Waals surface area contributed by atoms with E-state index < -0.39 is 17.7 Å². The molecule has 1 saturated heterocycles. The molecule has 1 heterocycles. The van der Waals surface area contributed by atoms with Crippen molar-refractivity contribution < 1.29 is 23.0 Å². The number of methoxy groups -OCH3 is 1. The van der Waals surface area contributed by atoms with Gasteiger partial charge in [-0.3, -0.25) is 4.79 Å². The third kappa shape index (κ3) is 6.09. The minimum Gasteiger partial charge on any atom is -0.481 e. The Bertz CT molecular complexity index is 563. The second-order valence-corrected chi connectivity index (χ2v) is 6.24. The summed E-state index contributed by atoms with van der Waals surface area (Å²) >= 11 is 0. The Morgan fingerprint density at radius 3 is 2.60 bits per heavy atom. The van der Waals surface area contributed by atoms with Crippen LogP contribution in [0.5, 0.6) is 5.75 Å². The summed E-state index contributed by atoms with van der Waals surface area (Å²) < 4.78 is 36.8. The third-order valence-electron chi connectivity index (χ3n) is 4.33. The van der Waals surface area contributed by atoms with Crippen molar-refractivity contribution >= 4 is 18.3 Å². The predicted octanol–water partition coefficient (Wildman–Crippen LogP) is 2.29. The van der Waals surface area contributed by atoms with Crippen LogP contribution in [0.3, 0.4) is 0 Å². The molecule has 1 unspecified atom stereocenters. The molecule has 142 valence electrons. The molecule has 1 aliphatic rings. The zero-order chi connectivity index (χ0) is 17.6. The van der Waals surface area contributed by atoms with Crippen molar-refractivity contribution in [3.05, 3.63) is 29.8 Å². The molecule has 1 fully saturated rings. The second-order valence-electron chi connectivity index (χ2n) is 6.24. The van der Waals surface area contributed by atoms with Crippen molar-refractivity contribution in [2.45, 2.75) is 25.9 Å². The summed E-state index contributed by atoms with van der Waals surface area (Å²) in [4.78, 5) is 12.2. The molecule has 0 saturated carbocycles. The van der Waals surface area contributed by atoms with E-state index in [2.05, 4.69) is 10.6 Å². The van der Waals surface area contributed by atoms with Gasteiger partial charge >= 0.3 is 0 Å². The zero-order valence-electron chi connectivity index (χ0n) is 14.4. The lowest BCUT2D eigenvalue weighted by Crippen LogP contribution is -2.49. The molecule has 1 amide bonds. The number of rotatable bonds is 7. The van der Waals surface area contributed by atoms with Gasteiger partial charge in [-0.25, -0.2) is 8.78 Å². The quantitative estimate of drug-likeness (QED) is 0.764. The molecule has 2 rings (SSSR count). The Hall–Kier alpha value is -1.44. The van der Waals surface area contributed by atoms with Crippen LogP contribution >= 0.6 is 12.4 Å². The van der Waals surface area contributed by atoms with Crippen LogP contribution in [0.1, 0.15) is 19.8 Å². The van der Waals surface area contributed by atoms with Gasteiger partial charge in [0, 0.05) is 25.1 Å². The normalized spacial score (nSPS) is 17.3. The number of hydrogen-bond acceptors (Lipinski definition) is 4. The lowest BCUT2D eigenvalue weighted by molar-refractivity contribution is -0.128. The first kappa shape index (κ1) is 21.6. The fraction of sp³-hybridized carbons (Fsp3) is 0.588. The highest BCUT2D eigenvalue weighted by atomic mass is 35.5. The monoisotopic (exact) mass is 378 g/mol. The summed E-state index contributed by atoms with van der Waals surface area (Å²) in [6.07, 6.45) is 1.02. The standard InChI is InChI=1S/C17H24F2N2O3.ClH/c1-12(24-13-3-4-14(18)15(19)9-13)16(22)21-10-17(11-23-2)5-7-20-8-6-17;/h3-4,9,12,20H,5-8,10-11H2,1-2H3,(H,21,22);1H. The Balaban J connectivity index is 0.00000312. The molecular formula is C17H25ClF2N2O3. The molecule has 0 bridgehead atoms. The Labute approximate surface area is 152 Å². The average molecular weight is 379 g/mol. The summed E-state index contributed by atoms with van der Waals surface area (Å²) in [5, 5.41) is 6.18. The van der Waals surface area contributed by atoms with Crippen LogP contribution in [0.4, 0.5) is 8.78 Å². The van der Waals surface area contributed by atoms with E-state index in [4.69, 9.17) is 9.47 Å². The van der Waals surface area contributed by atoms with Crippen LogP contribution in [0.2, 0.25) is 0 Å². The highest BCUT2D eigenvalue weighted by molar-refractivity contribution is 5.85. The number of amides is 1. The molecule has 1 aromatic carbocycles. The van der Waals surface area contributed by atoms with E-state index in [9.17, 15) is 13.6 Å². The molecule has 1 aromatic rings. The van der Waals surface area contributed by atoms with Crippen molar-refractivity contribution in [2.24, 2.45) is 5.41 Å². The van der Waals surface area contributed by atoms with Crippen LogP contribution in [-0.2, 0) is 9.53 Å². The Morgan fingerprint density at radius 1 is 1.32 bits per heavy atom. The number of carbonyl (C=O) groups is 1. The van der Waals surface area contributed by atoms with Crippen LogP contribution in [0.25, 0.3) is 0 Å². The number of ether oxygens (including phenoxy) is 2. The van der Waals surface area contributed by atoms with E-state index in [1.165, 1.54) is 6.07 Å². The van der Waals surface area contributed by atoms with Gasteiger partial charge in [0.15, 0.2) is 17.7 Å². The molecule has 1 atom stereocenters. The smallest absolute Gasteiger partial charge is 0.260 e. The third-order valence-corrected chi connectivity index (χ3v) is 4.33. The van der Waals surface area contributed by atoms with Gasteiger partial charge in [-0.2, -0.15) is 0 Å². The number of carbonyl (C=O) groups excluding carboxylic acids is 1. The fourth-order valence-electron chi connectivity index (χ4n) is 2.86. The van der Waals surface area contributed by atoms with Gasteiger partial charge in [0.05, 0.1) is 6.61 Å². The van der Waals surface area contributed by atoms with Gasteiger partial charge in [0.1, 0.15) is 5.75 Å². The summed E-state index contributed by atoms with van der Waals surface area (Å²) in [5.41, 5.74) is -0.0859. The van der Waals surface area contributed by atoms with Gasteiger partial charge in [-0.05, 0) is 45.0 Å². The van der Waals surface area contributed by atoms with Crippen molar-refractivity contribution in [2.75, 3.05) is 33.4 Å². The number of benzene rings is 1. The minimum atomic E-state index is -1.01. The van der Waals surface area contributed by atoms with Gasteiger partial charge in [-0.1, -0.05) is 0 Å². The number of halogens is 3. The lowest BCUT2D eigenvalue weighted by Gasteiger charge is -2.37. The van der Waals surface area contributed by atoms with E-state index in [1.807, 2.05) is 0 Å². The molecule has 0 radical (unpaired) electrons. The van der Waals surface area contributed by atoms with E-state index in [-0.39, 0.29) is 29.5 Å². The highest BCUT2D eigenvalue weighted by Crippen LogP contribution is 2.28. The zero-order valence-corrected chi connectivity index (χ0v) is 15.3. The van der Waals surface area contributed by atoms with Gasteiger partial charge in [-0.15, -0.1) is 12.4 Å². The Morgan fingerprint density at radius 2 is 2.00 bits per heavy atom. The molecule has 0 aromatic heterocycles. The first-order valence-electron chi connectivity index (χ1n) is 8.05. The van der Waals surface area contributed by atoms with Crippen molar-refractivity contribution in [1.29, 1.82) is 0 Å². The van der Waals surface area contributed by atoms with Crippen molar-refractivity contribution in [1.82, 2.24) is 10.6 Å². The first-order valence-corrected chi connectivity index (χ1v) is 8.05. The van der Waals surface area contributed by atoms with Gasteiger partial charge in [0.25, 0.3) is 5.91 Å². The topological polar surface area (TPSA) is 59.6 Å². The molecule has 5 nitrogen and oxygen atoms in total. The number of hydrogen-bond donors (Lipinski definition) is 2. The molecule has 8 heteroatoms. The molecular weight excluding hydrogens is 354 g/mol. The van der Waals surface area contributed by atoms with Gasteiger partial charge < -0.3 is 20.1 Å². The number of nitrogens with one attached hydrogen (secondary N) is 2. The summed E-state index contributed by atoms with van der Waals surface area (Å²) in [7, 11) is 1.65. The summed E-state index contributed by atoms with van der Waals surface area (Å²) in [6.45, 7) is 4.42. The largest absolute Gasteiger partial charge is 0.481 e. The van der Waals surface area contributed by atoms with Crippen LogP contribution in [0.15, 0.2) is 18.2 Å². The molecule has 2 N–H and O–H groups in total. The summed E-state index contributed by atoms with van der Waals surface area (Å²) in [5.74, 6) is -2.14. The second kappa shape index (κ2) is 9.89. The molecule has 0 spiro atoms.